The largest absolute Gasteiger partial charge is 0.487 e. The van der Waals surface area contributed by atoms with Crippen LogP contribution in [0.5, 0.6) is 5.75 Å². The topological polar surface area (TPSA) is 87.3 Å². The second kappa shape index (κ2) is 7.89. The van der Waals surface area contributed by atoms with Crippen molar-refractivity contribution in [3.05, 3.63) is 58.1 Å². The fourth-order valence-corrected chi connectivity index (χ4v) is 2.47. The number of rotatable bonds is 7. The van der Waals surface area contributed by atoms with Crippen molar-refractivity contribution < 1.29 is 18.8 Å². The highest BCUT2D eigenvalue weighted by molar-refractivity contribution is 7.07. The van der Waals surface area contributed by atoms with Crippen molar-refractivity contribution in [3.8, 4) is 5.75 Å². The highest BCUT2D eigenvalue weighted by Crippen LogP contribution is 2.16. The minimum atomic E-state index is -0.463. The number of esters is 1. The van der Waals surface area contributed by atoms with Crippen molar-refractivity contribution in [2.24, 2.45) is 0 Å². The number of carbonyl (C=O) groups is 1. The minimum Gasteiger partial charge on any atom is -0.487 e. The molecule has 2 aromatic heterocycles. The van der Waals surface area contributed by atoms with E-state index in [1.807, 2.05) is 19.2 Å². The normalized spacial score (nSPS) is 10.8. The van der Waals surface area contributed by atoms with Gasteiger partial charge in [0, 0.05) is 11.3 Å². The number of hydrogen-bond donors (Lipinski definition) is 0. The summed E-state index contributed by atoms with van der Waals surface area (Å²) in [4.78, 5) is 20.4. The van der Waals surface area contributed by atoms with Crippen LogP contribution in [0, 0.1) is 0 Å². The zero-order valence-electron chi connectivity index (χ0n) is 13.8. The Kier molecular flexibility index (Phi) is 5.39. The first-order chi connectivity index (χ1) is 12.1. The molecule has 0 fully saturated rings. The zero-order chi connectivity index (χ0) is 17.6. The summed E-state index contributed by atoms with van der Waals surface area (Å²) in [5.74, 6) is 1.22. The third-order valence-electron chi connectivity index (χ3n) is 3.29. The first kappa shape index (κ1) is 17.1. The predicted octanol–water partition coefficient (Wildman–Crippen LogP) is 3.59. The van der Waals surface area contributed by atoms with Gasteiger partial charge in [-0.25, -0.2) is 9.78 Å². The maximum absolute atomic E-state index is 12.1. The molecule has 0 saturated carbocycles. The summed E-state index contributed by atoms with van der Waals surface area (Å²) in [6, 6.07) is 6.72. The Labute approximate surface area is 148 Å². The summed E-state index contributed by atoms with van der Waals surface area (Å²) < 4.78 is 15.8. The summed E-state index contributed by atoms with van der Waals surface area (Å²) >= 11 is 1.52. The van der Waals surface area contributed by atoms with E-state index < -0.39 is 5.97 Å². The summed E-state index contributed by atoms with van der Waals surface area (Å²) in [5, 5.41) is 5.75. The number of ether oxygens (including phenoxy) is 2. The third-order valence-corrected chi connectivity index (χ3v) is 3.92. The molecular formula is C17H17N3O4S. The van der Waals surface area contributed by atoms with Gasteiger partial charge >= 0.3 is 5.97 Å². The van der Waals surface area contributed by atoms with E-state index >= 15 is 0 Å². The summed E-state index contributed by atoms with van der Waals surface area (Å²) in [7, 11) is 0. The Morgan fingerprint density at radius 3 is 2.68 bits per heavy atom. The molecule has 2 heterocycles. The van der Waals surface area contributed by atoms with Crippen molar-refractivity contribution in [2.45, 2.75) is 33.0 Å². The van der Waals surface area contributed by atoms with Crippen molar-refractivity contribution in [3.63, 3.8) is 0 Å². The van der Waals surface area contributed by atoms with Gasteiger partial charge < -0.3 is 14.0 Å². The van der Waals surface area contributed by atoms with Crippen LogP contribution in [0.15, 0.2) is 39.7 Å². The Morgan fingerprint density at radius 1 is 1.24 bits per heavy atom. The standard InChI is InChI=1S/C17H17N3O4S/c1-11(2)16-19-15(24-20-16)8-23-17(21)12-3-5-14(6-4-12)22-7-13-9-25-10-18-13/h3-6,9-11H,7-8H2,1-2H3. The van der Waals surface area contributed by atoms with Crippen LogP contribution in [-0.2, 0) is 18.0 Å². The van der Waals surface area contributed by atoms with E-state index in [-0.39, 0.29) is 18.4 Å². The predicted molar refractivity (Wildman–Crippen MR) is 90.4 cm³/mol. The molecule has 0 aliphatic carbocycles. The van der Waals surface area contributed by atoms with Crippen molar-refractivity contribution >= 4 is 17.3 Å². The van der Waals surface area contributed by atoms with Crippen molar-refractivity contribution in [1.82, 2.24) is 15.1 Å². The van der Waals surface area contributed by atoms with Crippen LogP contribution in [0.1, 0.15) is 47.5 Å². The van der Waals surface area contributed by atoms with Crippen LogP contribution in [0.25, 0.3) is 0 Å². The maximum Gasteiger partial charge on any atom is 0.338 e. The molecule has 3 rings (SSSR count). The molecule has 0 saturated heterocycles. The SMILES string of the molecule is CC(C)c1noc(COC(=O)c2ccc(OCc3cscn3)cc2)n1. The Hall–Kier alpha value is -2.74. The number of hydrogen-bond acceptors (Lipinski definition) is 8. The number of thiazole rings is 1. The third kappa shape index (κ3) is 4.63. The Balaban J connectivity index is 1.51. The minimum absolute atomic E-state index is 0.0549. The van der Waals surface area contributed by atoms with E-state index in [1.54, 1.807) is 29.8 Å². The molecule has 7 nitrogen and oxygen atoms in total. The summed E-state index contributed by atoms with van der Waals surface area (Å²) in [6.45, 7) is 4.25. The molecule has 0 aliphatic rings. The van der Waals surface area contributed by atoms with Gasteiger partial charge in [0.05, 0.1) is 16.8 Å². The number of carbonyl (C=O) groups excluding carboxylic acids is 1. The first-order valence-electron chi connectivity index (χ1n) is 7.71. The maximum atomic E-state index is 12.1. The van der Waals surface area contributed by atoms with Crippen molar-refractivity contribution in [1.29, 1.82) is 0 Å². The van der Waals surface area contributed by atoms with Crippen LogP contribution in [-0.4, -0.2) is 21.1 Å². The zero-order valence-corrected chi connectivity index (χ0v) is 14.7. The highest BCUT2D eigenvalue weighted by atomic mass is 32.1. The smallest absolute Gasteiger partial charge is 0.338 e. The fraction of sp³-hybridized carbons (Fsp3) is 0.294. The van der Waals surface area contributed by atoms with Crippen LogP contribution >= 0.6 is 11.3 Å². The molecule has 0 N–H and O–H groups in total. The van der Waals surface area contributed by atoms with E-state index in [0.29, 0.717) is 23.7 Å². The van der Waals surface area contributed by atoms with E-state index in [4.69, 9.17) is 14.0 Å². The van der Waals surface area contributed by atoms with Gasteiger partial charge in [-0.05, 0) is 24.3 Å². The molecule has 3 aromatic rings. The summed E-state index contributed by atoms with van der Waals surface area (Å²) in [5.41, 5.74) is 3.05. The lowest BCUT2D eigenvalue weighted by Gasteiger charge is -2.06. The average Bonchev–Trinajstić information content (AvgIpc) is 3.30. The monoisotopic (exact) mass is 359 g/mol. The van der Waals surface area contributed by atoms with Gasteiger partial charge in [-0.15, -0.1) is 11.3 Å². The molecular weight excluding hydrogens is 342 g/mol. The van der Waals surface area contributed by atoms with Gasteiger partial charge in [-0.2, -0.15) is 4.98 Å². The average molecular weight is 359 g/mol. The highest BCUT2D eigenvalue weighted by Gasteiger charge is 2.13. The number of nitrogens with zero attached hydrogens (tertiary/aromatic N) is 3. The van der Waals surface area contributed by atoms with Crippen LogP contribution < -0.4 is 4.74 Å². The van der Waals surface area contributed by atoms with Crippen LogP contribution in [0.2, 0.25) is 0 Å². The second-order valence-corrected chi connectivity index (χ2v) is 6.29. The van der Waals surface area contributed by atoms with E-state index in [0.717, 1.165) is 5.69 Å². The molecule has 25 heavy (non-hydrogen) atoms. The molecule has 0 bridgehead atoms. The summed E-state index contributed by atoms with van der Waals surface area (Å²) in [6.07, 6.45) is 0. The Morgan fingerprint density at radius 2 is 2.04 bits per heavy atom. The molecule has 0 spiro atoms. The molecule has 0 unspecified atom stereocenters. The van der Waals surface area contributed by atoms with E-state index in [9.17, 15) is 4.79 Å². The van der Waals surface area contributed by atoms with Gasteiger partial charge in [0.25, 0.3) is 5.89 Å². The van der Waals surface area contributed by atoms with Gasteiger partial charge in [0.1, 0.15) is 12.4 Å². The molecule has 0 amide bonds. The van der Waals surface area contributed by atoms with Crippen LogP contribution in [0.4, 0.5) is 0 Å². The first-order valence-corrected chi connectivity index (χ1v) is 8.65. The molecule has 0 radical (unpaired) electrons. The van der Waals surface area contributed by atoms with Crippen molar-refractivity contribution in [2.75, 3.05) is 0 Å². The number of benzene rings is 1. The van der Waals surface area contributed by atoms with Gasteiger partial charge in [0.15, 0.2) is 12.4 Å². The number of aromatic nitrogens is 3. The van der Waals surface area contributed by atoms with Gasteiger partial charge in [-0.3, -0.25) is 0 Å². The molecule has 130 valence electrons. The lowest BCUT2D eigenvalue weighted by Crippen LogP contribution is -2.05. The van der Waals surface area contributed by atoms with E-state index in [1.165, 1.54) is 11.3 Å². The van der Waals surface area contributed by atoms with E-state index in [2.05, 4.69) is 15.1 Å². The molecule has 0 aliphatic heterocycles. The molecule has 8 heteroatoms. The fourth-order valence-electron chi connectivity index (χ4n) is 1.93. The lowest BCUT2D eigenvalue weighted by molar-refractivity contribution is 0.0429. The van der Waals surface area contributed by atoms with Gasteiger partial charge in [-0.1, -0.05) is 19.0 Å². The molecule has 1 aromatic carbocycles. The van der Waals surface area contributed by atoms with Gasteiger partial charge in [0.2, 0.25) is 0 Å². The van der Waals surface area contributed by atoms with Crippen LogP contribution in [0.3, 0.4) is 0 Å². The quantitative estimate of drug-likeness (QED) is 0.596. The lowest BCUT2D eigenvalue weighted by atomic mass is 10.2. The molecule has 0 atom stereocenters. The second-order valence-electron chi connectivity index (χ2n) is 5.57. The Bertz CT molecular complexity index is 813.